The topological polar surface area (TPSA) is 107 Å². The molecule has 2 heterocycles. The maximum absolute atomic E-state index is 13.7. The SMILES string of the molecule is COC(=O)C(Cc1ccccc1)NC(=S)N1CCC(n2c(=O)n(CCCNC(=O)OCc3ccccc3)c3ccccc32)CC1. The highest BCUT2D eigenvalue weighted by molar-refractivity contribution is 7.80. The fraction of sp³-hybridized carbons (Fsp3) is 0.353. The van der Waals surface area contributed by atoms with Crippen molar-refractivity contribution in [2.24, 2.45) is 0 Å². The van der Waals surface area contributed by atoms with Crippen molar-refractivity contribution in [2.75, 3.05) is 26.7 Å². The molecule has 1 fully saturated rings. The second-order valence-electron chi connectivity index (χ2n) is 11.1. The summed E-state index contributed by atoms with van der Waals surface area (Å²) in [5, 5.41) is 6.49. The number of carbonyl (C=O) groups is 2. The van der Waals surface area contributed by atoms with Gasteiger partial charge in [0.25, 0.3) is 0 Å². The first-order chi connectivity index (χ1) is 21.9. The molecule has 3 aromatic carbocycles. The van der Waals surface area contributed by atoms with E-state index in [1.807, 2.05) is 89.5 Å². The number of rotatable bonds is 11. The van der Waals surface area contributed by atoms with E-state index in [1.165, 1.54) is 7.11 Å². The highest BCUT2D eigenvalue weighted by Gasteiger charge is 2.28. The van der Waals surface area contributed by atoms with E-state index in [-0.39, 0.29) is 24.3 Å². The Bertz CT molecular complexity index is 1650. The number of aryl methyl sites for hydroxylation is 1. The van der Waals surface area contributed by atoms with E-state index in [2.05, 4.69) is 15.5 Å². The number of alkyl carbamates (subject to hydrolysis) is 1. The molecule has 0 spiro atoms. The third-order valence-corrected chi connectivity index (χ3v) is 8.47. The van der Waals surface area contributed by atoms with E-state index in [0.29, 0.717) is 44.1 Å². The molecule has 0 bridgehead atoms. The molecule has 10 nitrogen and oxygen atoms in total. The smallest absolute Gasteiger partial charge is 0.407 e. The summed E-state index contributed by atoms with van der Waals surface area (Å²) < 4.78 is 14.0. The van der Waals surface area contributed by atoms with Gasteiger partial charge in [0.15, 0.2) is 5.11 Å². The Kier molecular flexibility index (Phi) is 10.9. The lowest BCUT2D eigenvalue weighted by Crippen LogP contribution is -2.51. The van der Waals surface area contributed by atoms with E-state index in [1.54, 1.807) is 4.57 Å². The molecule has 45 heavy (non-hydrogen) atoms. The fourth-order valence-corrected chi connectivity index (χ4v) is 6.08. The molecule has 2 N–H and O–H groups in total. The monoisotopic (exact) mass is 629 g/mol. The van der Waals surface area contributed by atoms with Crippen LogP contribution in [0.4, 0.5) is 4.79 Å². The summed E-state index contributed by atoms with van der Waals surface area (Å²) in [6, 6.07) is 26.5. The minimum absolute atomic E-state index is 0.00881. The molecule has 1 aromatic heterocycles. The van der Waals surface area contributed by atoms with Gasteiger partial charge in [-0.3, -0.25) is 9.13 Å². The van der Waals surface area contributed by atoms with E-state index in [4.69, 9.17) is 21.7 Å². The number of nitrogens with zero attached hydrogens (tertiary/aromatic N) is 3. The van der Waals surface area contributed by atoms with Crippen LogP contribution in [0.5, 0.6) is 0 Å². The number of ether oxygens (including phenoxy) is 2. The number of amides is 1. The van der Waals surface area contributed by atoms with Crippen molar-refractivity contribution in [3.05, 3.63) is 107 Å². The summed E-state index contributed by atoms with van der Waals surface area (Å²) in [5.74, 6) is -0.366. The van der Waals surface area contributed by atoms with Crippen LogP contribution in [-0.2, 0) is 33.8 Å². The van der Waals surface area contributed by atoms with E-state index < -0.39 is 12.1 Å². The average Bonchev–Trinajstić information content (AvgIpc) is 3.36. The van der Waals surface area contributed by atoms with Crippen LogP contribution < -0.4 is 16.3 Å². The number of aromatic nitrogens is 2. The molecule has 1 amide bonds. The summed E-state index contributed by atoms with van der Waals surface area (Å²) >= 11 is 5.71. The number of benzene rings is 3. The van der Waals surface area contributed by atoms with E-state index in [0.717, 1.165) is 35.0 Å². The second-order valence-corrected chi connectivity index (χ2v) is 11.5. The Morgan fingerprint density at radius 1 is 0.911 bits per heavy atom. The minimum Gasteiger partial charge on any atom is -0.467 e. The van der Waals surface area contributed by atoms with Crippen LogP contribution in [-0.4, -0.2) is 64.0 Å². The molecule has 1 atom stereocenters. The van der Waals surface area contributed by atoms with Gasteiger partial charge in [0, 0.05) is 38.6 Å². The summed E-state index contributed by atoms with van der Waals surface area (Å²) in [4.78, 5) is 40.4. The maximum atomic E-state index is 13.7. The Morgan fingerprint density at radius 2 is 1.53 bits per heavy atom. The molecular formula is C34H39N5O5S. The largest absolute Gasteiger partial charge is 0.467 e. The van der Waals surface area contributed by atoms with Crippen molar-refractivity contribution in [3.8, 4) is 0 Å². The average molecular weight is 630 g/mol. The standard InChI is InChI=1S/C34H39N5O5S/c1-43-31(40)28(23-25-11-4-2-5-12-25)36-32(45)37-21-17-27(18-22-37)39-30-16-9-8-15-29(30)38(34(39)42)20-10-19-35-33(41)44-24-26-13-6-3-7-14-26/h2-9,11-16,27-28H,10,17-24H2,1H3,(H,35,41)(H,36,45). The number of carbonyl (C=O) groups excluding carboxylic acids is 2. The number of methoxy groups -OCH3 is 1. The molecule has 11 heteroatoms. The third kappa shape index (κ3) is 8.10. The lowest BCUT2D eigenvalue weighted by Gasteiger charge is -2.35. The lowest BCUT2D eigenvalue weighted by molar-refractivity contribution is -0.142. The van der Waals surface area contributed by atoms with Gasteiger partial charge in [-0.1, -0.05) is 72.8 Å². The molecule has 1 aliphatic rings. The Hall–Kier alpha value is -4.64. The van der Waals surface area contributed by atoms with Crippen LogP contribution in [0.3, 0.4) is 0 Å². The van der Waals surface area contributed by atoms with Crippen molar-refractivity contribution in [3.63, 3.8) is 0 Å². The molecule has 0 saturated carbocycles. The van der Waals surface area contributed by atoms with Gasteiger partial charge in [0.05, 0.1) is 18.1 Å². The number of imidazole rings is 1. The van der Waals surface area contributed by atoms with Crippen molar-refractivity contribution >= 4 is 40.4 Å². The minimum atomic E-state index is -0.594. The van der Waals surface area contributed by atoms with Crippen molar-refractivity contribution in [1.29, 1.82) is 0 Å². The molecule has 1 saturated heterocycles. The van der Waals surface area contributed by atoms with Crippen LogP contribution in [0.1, 0.15) is 36.4 Å². The highest BCUT2D eigenvalue weighted by atomic mass is 32.1. The van der Waals surface area contributed by atoms with Crippen molar-refractivity contribution < 1.29 is 19.1 Å². The van der Waals surface area contributed by atoms with Crippen LogP contribution in [0.2, 0.25) is 0 Å². The first kappa shape index (κ1) is 31.8. The molecule has 236 valence electrons. The maximum Gasteiger partial charge on any atom is 0.407 e. The summed E-state index contributed by atoms with van der Waals surface area (Å²) in [6.07, 6.45) is 2.02. The van der Waals surface area contributed by atoms with Gasteiger partial charge in [-0.05, 0) is 54.7 Å². The van der Waals surface area contributed by atoms with Gasteiger partial charge in [-0.2, -0.15) is 0 Å². The molecule has 1 aliphatic heterocycles. The zero-order valence-electron chi connectivity index (χ0n) is 25.4. The second kappa shape index (κ2) is 15.4. The first-order valence-electron chi connectivity index (χ1n) is 15.3. The zero-order chi connectivity index (χ0) is 31.6. The van der Waals surface area contributed by atoms with Crippen LogP contribution in [0.15, 0.2) is 89.7 Å². The lowest BCUT2D eigenvalue weighted by atomic mass is 10.0. The van der Waals surface area contributed by atoms with Gasteiger partial charge in [-0.15, -0.1) is 0 Å². The highest BCUT2D eigenvalue weighted by Crippen LogP contribution is 2.26. The predicted molar refractivity (Wildman–Crippen MR) is 177 cm³/mol. The molecule has 5 rings (SSSR count). The van der Waals surface area contributed by atoms with Gasteiger partial charge < -0.3 is 25.0 Å². The number of fused-ring (bicyclic) bond motifs is 1. The van der Waals surface area contributed by atoms with Crippen molar-refractivity contribution in [1.82, 2.24) is 24.7 Å². The van der Waals surface area contributed by atoms with Gasteiger partial charge in [0.2, 0.25) is 0 Å². The van der Waals surface area contributed by atoms with Crippen molar-refractivity contribution in [2.45, 2.75) is 50.9 Å². The quantitative estimate of drug-likeness (QED) is 0.143. The number of thiocarbonyl (C=S) groups is 1. The van der Waals surface area contributed by atoms with Gasteiger partial charge in [0.1, 0.15) is 12.6 Å². The Labute approximate surface area is 267 Å². The third-order valence-electron chi connectivity index (χ3n) is 8.09. The normalized spacial score (nSPS) is 14.1. The van der Waals surface area contributed by atoms with E-state index >= 15 is 0 Å². The van der Waals surface area contributed by atoms with E-state index in [9.17, 15) is 14.4 Å². The number of likely N-dealkylation sites (tertiary alicyclic amines) is 1. The molecule has 0 aliphatic carbocycles. The Morgan fingerprint density at radius 3 is 2.20 bits per heavy atom. The number of para-hydroxylation sites is 2. The first-order valence-corrected chi connectivity index (χ1v) is 15.7. The molecule has 1 unspecified atom stereocenters. The molecular weight excluding hydrogens is 590 g/mol. The van der Waals surface area contributed by atoms with Gasteiger partial charge >= 0.3 is 17.8 Å². The van der Waals surface area contributed by atoms with Crippen LogP contribution in [0, 0.1) is 0 Å². The van der Waals surface area contributed by atoms with Crippen LogP contribution in [0.25, 0.3) is 11.0 Å². The molecule has 0 radical (unpaired) electrons. The van der Waals surface area contributed by atoms with Crippen LogP contribution >= 0.6 is 12.2 Å². The number of nitrogens with one attached hydrogen (secondary N) is 2. The Balaban J connectivity index is 1.17. The zero-order valence-corrected chi connectivity index (χ0v) is 26.2. The number of esters is 1. The van der Waals surface area contributed by atoms with Gasteiger partial charge in [-0.25, -0.2) is 14.4 Å². The number of piperidine rings is 1. The predicted octanol–water partition coefficient (Wildman–Crippen LogP) is 4.42. The number of hydrogen-bond acceptors (Lipinski definition) is 6. The fourth-order valence-electron chi connectivity index (χ4n) is 5.76. The summed E-state index contributed by atoms with van der Waals surface area (Å²) in [7, 11) is 1.38. The summed E-state index contributed by atoms with van der Waals surface area (Å²) in [5.41, 5.74) is 3.64. The number of hydrogen-bond donors (Lipinski definition) is 2. The molecule has 4 aromatic rings. The summed E-state index contributed by atoms with van der Waals surface area (Å²) in [6.45, 7) is 2.36.